The molecule has 3 unspecified atom stereocenters. The Balaban J connectivity index is 3.93. The molecule has 10 heteroatoms. The van der Waals surface area contributed by atoms with Gasteiger partial charge in [-0.15, -0.1) is 6.58 Å². The number of aliphatic hydroxyl groups is 1. The van der Waals surface area contributed by atoms with Crippen LogP contribution in [-0.2, 0) is 14.3 Å². The molecule has 3 atom stereocenters. The third-order valence-corrected chi connectivity index (χ3v) is 4.77. The molecule has 0 rings (SSSR count). The summed E-state index contributed by atoms with van der Waals surface area (Å²) in [7, 11) is 2.41. The molecule has 0 aliphatic rings. The number of carboxylic acid groups (broad SMARTS) is 2. The summed E-state index contributed by atoms with van der Waals surface area (Å²) in [4.78, 5) is 21.6. The summed E-state index contributed by atoms with van der Waals surface area (Å²) < 4.78 is 5.05. The van der Waals surface area contributed by atoms with E-state index in [0.717, 1.165) is 0 Å². The topological polar surface area (TPSA) is 142 Å². The molecule has 0 bridgehead atoms. The second-order valence-corrected chi connectivity index (χ2v) is 6.85. The van der Waals surface area contributed by atoms with Gasteiger partial charge in [-0.3, -0.25) is 9.59 Å². The fourth-order valence-corrected chi connectivity index (χ4v) is 3.45. The first-order valence-corrected chi connectivity index (χ1v) is 8.93. The smallest absolute Gasteiger partial charge is 0.321 e. The number of ether oxygens (including phenoxy) is 1. The van der Waals surface area contributed by atoms with E-state index in [0.29, 0.717) is 6.61 Å². The van der Waals surface area contributed by atoms with E-state index in [4.69, 9.17) is 20.7 Å². The molecule has 0 aliphatic heterocycles. The number of aliphatic carboxylic acids is 2. The molecule has 0 aromatic heterocycles. The minimum absolute atomic E-state index is 0.0774. The molecule has 0 heterocycles. The van der Waals surface area contributed by atoms with Crippen molar-refractivity contribution in [1.29, 1.82) is 0 Å². The highest BCUT2D eigenvalue weighted by molar-refractivity contribution is 8.76. The highest BCUT2D eigenvalue weighted by atomic mass is 33.1. The Morgan fingerprint density at radius 3 is 2.45 bits per heavy atom. The molecule has 0 spiro atoms. The fraction of sp³-hybridized carbons (Fsp3) is 0.667. The molecule has 8 nitrogen and oxygen atoms in total. The van der Waals surface area contributed by atoms with Gasteiger partial charge in [-0.2, -0.15) is 0 Å². The van der Waals surface area contributed by atoms with Crippen molar-refractivity contribution in [3.63, 3.8) is 0 Å². The number of carboxylic acids is 2. The number of hydrogen-bond acceptors (Lipinski definition) is 8. The van der Waals surface area contributed by atoms with E-state index in [9.17, 15) is 14.7 Å². The van der Waals surface area contributed by atoms with E-state index in [2.05, 4.69) is 11.9 Å². The highest BCUT2D eigenvalue weighted by Gasteiger charge is 2.19. The molecular formula is C12H22N2O6S2. The Bertz CT molecular complexity index is 359. The maximum absolute atomic E-state index is 11.1. The largest absolute Gasteiger partial charge is 0.480 e. The summed E-state index contributed by atoms with van der Waals surface area (Å²) in [6, 6.07) is -1.83. The molecule has 128 valence electrons. The van der Waals surface area contributed by atoms with Crippen molar-refractivity contribution in [3.8, 4) is 0 Å². The van der Waals surface area contributed by atoms with Crippen molar-refractivity contribution < 1.29 is 29.6 Å². The van der Waals surface area contributed by atoms with Crippen LogP contribution in [0.5, 0.6) is 0 Å². The average molecular weight is 354 g/mol. The van der Waals surface area contributed by atoms with E-state index in [-0.39, 0.29) is 24.7 Å². The van der Waals surface area contributed by atoms with Gasteiger partial charge in [0.2, 0.25) is 0 Å². The van der Waals surface area contributed by atoms with E-state index in [1.54, 1.807) is 6.08 Å². The minimum atomic E-state index is -1.09. The summed E-state index contributed by atoms with van der Waals surface area (Å²) in [6.07, 6.45) is 0.732. The zero-order chi connectivity index (χ0) is 17.0. The summed E-state index contributed by atoms with van der Waals surface area (Å²) in [5.74, 6) is -1.74. The Labute approximate surface area is 136 Å². The summed E-state index contributed by atoms with van der Waals surface area (Å²) in [5.41, 5.74) is 5.33. The first-order chi connectivity index (χ1) is 10.4. The van der Waals surface area contributed by atoms with Crippen molar-refractivity contribution in [3.05, 3.63) is 12.7 Å². The van der Waals surface area contributed by atoms with Gasteiger partial charge in [0.25, 0.3) is 0 Å². The number of nitrogens with one attached hydrogen (secondary N) is 1. The van der Waals surface area contributed by atoms with Crippen LogP contribution in [0.2, 0.25) is 0 Å². The van der Waals surface area contributed by atoms with Crippen molar-refractivity contribution >= 4 is 33.5 Å². The van der Waals surface area contributed by atoms with E-state index >= 15 is 0 Å². The lowest BCUT2D eigenvalue weighted by molar-refractivity contribution is -0.139. The van der Waals surface area contributed by atoms with Gasteiger partial charge in [0.1, 0.15) is 12.1 Å². The normalized spacial score (nSPS) is 15.0. The van der Waals surface area contributed by atoms with Crippen LogP contribution >= 0.6 is 21.6 Å². The molecule has 22 heavy (non-hydrogen) atoms. The standard InChI is InChI=1S/C12H22N2O6S2/c1-2-3-20-5-8(15)4-14-10(12(18)19)7-22-21-6-9(13)11(16)17/h2,8-10,14-15H,1,3-7,13H2,(H,16,17)(H,18,19). The average Bonchev–Trinajstić information content (AvgIpc) is 2.45. The molecule has 0 amide bonds. The lowest BCUT2D eigenvalue weighted by atomic mass is 10.3. The summed E-state index contributed by atoms with van der Waals surface area (Å²) in [6.45, 7) is 3.95. The number of aliphatic hydroxyl groups excluding tert-OH is 1. The van der Waals surface area contributed by atoms with E-state index < -0.39 is 30.1 Å². The second-order valence-electron chi connectivity index (χ2n) is 4.29. The summed E-state index contributed by atoms with van der Waals surface area (Å²) in [5, 5.41) is 30.0. The van der Waals surface area contributed by atoms with Gasteiger partial charge in [0.15, 0.2) is 0 Å². The predicted octanol–water partition coefficient (Wildman–Crippen LogP) is -0.614. The number of nitrogens with two attached hydrogens (primary N) is 1. The lowest BCUT2D eigenvalue weighted by Gasteiger charge is -2.17. The molecule has 0 saturated heterocycles. The fourth-order valence-electron chi connectivity index (χ4n) is 1.15. The van der Waals surface area contributed by atoms with Crippen LogP contribution in [-0.4, -0.2) is 76.7 Å². The van der Waals surface area contributed by atoms with Gasteiger partial charge in [-0.25, -0.2) is 0 Å². The maximum atomic E-state index is 11.1. The van der Waals surface area contributed by atoms with Gasteiger partial charge >= 0.3 is 11.9 Å². The molecule has 0 fully saturated rings. The van der Waals surface area contributed by atoms with Crippen LogP contribution in [0.15, 0.2) is 12.7 Å². The van der Waals surface area contributed by atoms with Gasteiger partial charge in [-0.1, -0.05) is 27.7 Å². The van der Waals surface area contributed by atoms with Crippen LogP contribution in [0.3, 0.4) is 0 Å². The SMILES string of the molecule is C=CCOCC(O)CNC(CSSCC(N)C(=O)O)C(=O)O. The third-order valence-electron chi connectivity index (χ3n) is 2.33. The molecule has 0 aromatic rings. The minimum Gasteiger partial charge on any atom is -0.480 e. The highest BCUT2D eigenvalue weighted by Crippen LogP contribution is 2.22. The first-order valence-electron chi connectivity index (χ1n) is 6.44. The number of carbonyl (C=O) groups is 2. The van der Waals surface area contributed by atoms with Crippen LogP contribution in [0.4, 0.5) is 0 Å². The van der Waals surface area contributed by atoms with Gasteiger partial charge in [-0.05, 0) is 0 Å². The van der Waals surface area contributed by atoms with Crippen LogP contribution in [0.25, 0.3) is 0 Å². The maximum Gasteiger partial charge on any atom is 0.321 e. The van der Waals surface area contributed by atoms with Gasteiger partial charge in [0.05, 0.1) is 19.3 Å². The molecule has 0 aromatic carbocycles. The molecular weight excluding hydrogens is 332 g/mol. The Hall–Kier alpha value is -0.780. The molecule has 0 aliphatic carbocycles. The van der Waals surface area contributed by atoms with Crippen molar-refractivity contribution in [2.75, 3.05) is 31.3 Å². The first kappa shape index (κ1) is 21.2. The van der Waals surface area contributed by atoms with Crippen LogP contribution in [0.1, 0.15) is 0 Å². The van der Waals surface area contributed by atoms with Crippen molar-refractivity contribution in [2.45, 2.75) is 18.2 Å². The second kappa shape index (κ2) is 12.7. The number of rotatable bonds is 14. The number of hydrogen-bond donors (Lipinski definition) is 5. The van der Waals surface area contributed by atoms with Crippen molar-refractivity contribution in [2.24, 2.45) is 5.73 Å². The third kappa shape index (κ3) is 10.9. The zero-order valence-corrected chi connectivity index (χ0v) is 13.6. The Kier molecular flexibility index (Phi) is 12.3. The van der Waals surface area contributed by atoms with Crippen LogP contribution < -0.4 is 11.1 Å². The van der Waals surface area contributed by atoms with Crippen LogP contribution in [0, 0.1) is 0 Å². The lowest BCUT2D eigenvalue weighted by Crippen LogP contribution is -2.43. The quantitative estimate of drug-likeness (QED) is 0.156. The Morgan fingerprint density at radius 1 is 1.27 bits per heavy atom. The van der Waals surface area contributed by atoms with Gasteiger partial charge in [0, 0.05) is 18.1 Å². The summed E-state index contributed by atoms with van der Waals surface area (Å²) >= 11 is 0. The molecule has 0 saturated carbocycles. The zero-order valence-electron chi connectivity index (χ0n) is 12.0. The molecule has 6 N–H and O–H groups in total. The van der Waals surface area contributed by atoms with Gasteiger partial charge < -0.3 is 31.1 Å². The molecule has 0 radical (unpaired) electrons. The Morgan fingerprint density at radius 2 is 1.91 bits per heavy atom. The van der Waals surface area contributed by atoms with E-state index in [1.165, 1.54) is 21.6 Å². The predicted molar refractivity (Wildman–Crippen MR) is 87.0 cm³/mol. The monoisotopic (exact) mass is 354 g/mol. The van der Waals surface area contributed by atoms with E-state index in [1.807, 2.05) is 0 Å². The van der Waals surface area contributed by atoms with Crippen molar-refractivity contribution in [1.82, 2.24) is 5.32 Å².